The minimum atomic E-state index is -0.0143. The second-order valence-electron chi connectivity index (χ2n) is 6.15. The maximum absolute atomic E-state index is 12.2. The number of hydrogen-bond donors (Lipinski definition) is 1. The fourth-order valence-corrected chi connectivity index (χ4v) is 3.05. The van der Waals surface area contributed by atoms with Crippen LogP contribution in [0, 0.1) is 0 Å². The van der Waals surface area contributed by atoms with Crippen molar-refractivity contribution in [3.8, 4) is 5.75 Å². The number of anilines is 1. The van der Waals surface area contributed by atoms with Gasteiger partial charge in [-0.15, -0.1) is 0 Å². The van der Waals surface area contributed by atoms with E-state index in [0.717, 1.165) is 31.5 Å². The molecule has 2 aliphatic rings. The Morgan fingerprint density at radius 1 is 1.26 bits per heavy atom. The lowest BCUT2D eigenvalue weighted by atomic mass is 10.1. The summed E-state index contributed by atoms with van der Waals surface area (Å²) >= 11 is 0. The van der Waals surface area contributed by atoms with Gasteiger partial charge >= 0.3 is 0 Å². The molecule has 0 aromatic heterocycles. The molecule has 0 radical (unpaired) electrons. The molecule has 1 aromatic carbocycles. The van der Waals surface area contributed by atoms with E-state index in [4.69, 9.17) is 10.5 Å². The van der Waals surface area contributed by atoms with Crippen LogP contribution in [0.4, 0.5) is 5.69 Å². The van der Waals surface area contributed by atoms with Crippen molar-refractivity contribution in [3.05, 3.63) is 24.3 Å². The van der Waals surface area contributed by atoms with Gasteiger partial charge in [0.15, 0.2) is 6.61 Å². The molecule has 2 heterocycles. The number of amides is 2. The van der Waals surface area contributed by atoms with Gasteiger partial charge in [0.2, 0.25) is 5.91 Å². The largest absolute Gasteiger partial charge is 0.484 e. The molecule has 3 rings (SSSR count). The highest BCUT2D eigenvalue weighted by molar-refractivity contribution is 5.95. The van der Waals surface area contributed by atoms with Crippen LogP contribution in [0.1, 0.15) is 25.7 Å². The van der Waals surface area contributed by atoms with Crippen molar-refractivity contribution in [1.82, 2.24) is 4.90 Å². The molecule has 2 fully saturated rings. The average Bonchev–Trinajstić information content (AvgIpc) is 3.00. The zero-order valence-electron chi connectivity index (χ0n) is 13.2. The SMILES string of the molecule is NC1CCN(C(=O)COc2cccc(N3CCCC3=O)c2)CC1. The number of likely N-dealkylation sites (tertiary alicyclic amines) is 1. The van der Waals surface area contributed by atoms with Crippen LogP contribution < -0.4 is 15.4 Å². The average molecular weight is 317 g/mol. The molecule has 0 spiro atoms. The van der Waals surface area contributed by atoms with Crippen molar-refractivity contribution in [3.63, 3.8) is 0 Å². The predicted octanol–water partition coefficient (Wildman–Crippen LogP) is 1.14. The van der Waals surface area contributed by atoms with Crippen LogP contribution in [0.5, 0.6) is 5.75 Å². The Morgan fingerprint density at radius 3 is 2.74 bits per heavy atom. The van der Waals surface area contributed by atoms with E-state index in [1.54, 1.807) is 9.80 Å². The Kier molecular flexibility index (Phi) is 4.81. The molecule has 2 N–H and O–H groups in total. The van der Waals surface area contributed by atoms with E-state index in [1.807, 2.05) is 24.3 Å². The first kappa shape index (κ1) is 15.8. The Hall–Kier alpha value is -2.08. The number of carbonyl (C=O) groups excluding carboxylic acids is 2. The van der Waals surface area contributed by atoms with Gasteiger partial charge in [0.25, 0.3) is 5.91 Å². The van der Waals surface area contributed by atoms with Crippen molar-refractivity contribution in [2.75, 3.05) is 31.1 Å². The van der Waals surface area contributed by atoms with E-state index in [0.29, 0.717) is 25.3 Å². The highest BCUT2D eigenvalue weighted by Crippen LogP contribution is 2.25. The molecule has 1 aromatic rings. The molecule has 23 heavy (non-hydrogen) atoms. The second kappa shape index (κ2) is 7.00. The molecular weight excluding hydrogens is 294 g/mol. The van der Waals surface area contributed by atoms with E-state index < -0.39 is 0 Å². The zero-order valence-corrected chi connectivity index (χ0v) is 13.2. The van der Waals surface area contributed by atoms with Crippen LogP contribution in [0.25, 0.3) is 0 Å². The summed E-state index contributed by atoms with van der Waals surface area (Å²) < 4.78 is 5.62. The van der Waals surface area contributed by atoms with Gasteiger partial charge in [0, 0.05) is 43.9 Å². The van der Waals surface area contributed by atoms with Gasteiger partial charge in [-0.1, -0.05) is 6.07 Å². The summed E-state index contributed by atoms with van der Waals surface area (Å²) in [6, 6.07) is 7.58. The molecule has 6 heteroatoms. The fourth-order valence-electron chi connectivity index (χ4n) is 3.05. The van der Waals surface area contributed by atoms with Crippen molar-refractivity contribution >= 4 is 17.5 Å². The molecule has 124 valence electrons. The van der Waals surface area contributed by atoms with E-state index in [-0.39, 0.29) is 24.5 Å². The van der Waals surface area contributed by atoms with Crippen LogP contribution in [-0.4, -0.2) is 49.0 Å². The summed E-state index contributed by atoms with van der Waals surface area (Å²) in [4.78, 5) is 27.5. The van der Waals surface area contributed by atoms with Crippen LogP contribution in [0.2, 0.25) is 0 Å². The lowest BCUT2D eigenvalue weighted by Gasteiger charge is -2.30. The number of benzene rings is 1. The van der Waals surface area contributed by atoms with Gasteiger partial charge in [-0.25, -0.2) is 0 Å². The van der Waals surface area contributed by atoms with Gasteiger partial charge in [0.05, 0.1) is 0 Å². The molecular formula is C17H23N3O3. The van der Waals surface area contributed by atoms with E-state index >= 15 is 0 Å². The zero-order chi connectivity index (χ0) is 16.2. The summed E-state index contributed by atoms with van der Waals surface area (Å²) in [6.07, 6.45) is 3.18. The highest BCUT2D eigenvalue weighted by atomic mass is 16.5. The predicted molar refractivity (Wildman–Crippen MR) is 87.3 cm³/mol. The summed E-state index contributed by atoms with van der Waals surface area (Å²) in [5, 5.41) is 0. The molecule has 6 nitrogen and oxygen atoms in total. The molecule has 2 amide bonds. The molecule has 0 atom stereocenters. The third-order valence-electron chi connectivity index (χ3n) is 4.46. The van der Waals surface area contributed by atoms with Gasteiger partial charge < -0.3 is 20.3 Å². The quantitative estimate of drug-likeness (QED) is 0.903. The molecule has 0 bridgehead atoms. The summed E-state index contributed by atoms with van der Waals surface area (Å²) in [5.41, 5.74) is 6.68. The minimum Gasteiger partial charge on any atom is -0.484 e. The normalized spacial score (nSPS) is 19.3. The number of rotatable bonds is 4. The van der Waals surface area contributed by atoms with Crippen LogP contribution >= 0.6 is 0 Å². The number of hydrogen-bond acceptors (Lipinski definition) is 4. The highest BCUT2D eigenvalue weighted by Gasteiger charge is 2.23. The first-order valence-electron chi connectivity index (χ1n) is 8.20. The molecule has 0 unspecified atom stereocenters. The van der Waals surface area contributed by atoms with Crippen LogP contribution in [0.15, 0.2) is 24.3 Å². The monoisotopic (exact) mass is 317 g/mol. The number of nitrogens with zero attached hydrogens (tertiary/aromatic N) is 2. The van der Waals surface area contributed by atoms with Gasteiger partial charge in [-0.3, -0.25) is 9.59 Å². The van der Waals surface area contributed by atoms with Gasteiger partial charge in [-0.2, -0.15) is 0 Å². The Bertz CT molecular complexity index is 582. The van der Waals surface area contributed by atoms with E-state index in [1.165, 1.54) is 0 Å². The van der Waals surface area contributed by atoms with Crippen LogP contribution in [0.3, 0.4) is 0 Å². The summed E-state index contributed by atoms with van der Waals surface area (Å²) in [7, 11) is 0. The maximum atomic E-state index is 12.2. The number of ether oxygens (including phenoxy) is 1. The number of carbonyl (C=O) groups is 2. The summed E-state index contributed by atoms with van der Waals surface area (Å²) in [5.74, 6) is 0.742. The Morgan fingerprint density at radius 2 is 2.04 bits per heavy atom. The third-order valence-corrected chi connectivity index (χ3v) is 4.46. The van der Waals surface area contributed by atoms with Crippen molar-refractivity contribution < 1.29 is 14.3 Å². The summed E-state index contributed by atoms with van der Waals surface area (Å²) in [6.45, 7) is 2.17. The Balaban J connectivity index is 1.56. The maximum Gasteiger partial charge on any atom is 0.260 e. The van der Waals surface area contributed by atoms with E-state index in [9.17, 15) is 9.59 Å². The first-order chi connectivity index (χ1) is 11.1. The molecule has 0 saturated carbocycles. The van der Waals surface area contributed by atoms with Gasteiger partial charge in [-0.05, 0) is 31.4 Å². The molecule has 2 aliphatic heterocycles. The number of nitrogens with two attached hydrogens (primary N) is 1. The fraction of sp³-hybridized carbons (Fsp3) is 0.529. The first-order valence-corrected chi connectivity index (χ1v) is 8.20. The standard InChI is InChI=1S/C17H23N3O3/c18-13-6-9-19(10-7-13)17(22)12-23-15-4-1-3-14(11-15)20-8-2-5-16(20)21/h1,3-4,11,13H,2,5-10,12,18H2. The molecule has 2 saturated heterocycles. The number of piperidine rings is 1. The topological polar surface area (TPSA) is 75.9 Å². The van der Waals surface area contributed by atoms with Crippen molar-refractivity contribution in [2.24, 2.45) is 5.73 Å². The smallest absolute Gasteiger partial charge is 0.260 e. The van der Waals surface area contributed by atoms with Crippen molar-refractivity contribution in [1.29, 1.82) is 0 Å². The lowest BCUT2D eigenvalue weighted by Crippen LogP contribution is -2.44. The van der Waals surface area contributed by atoms with Crippen LogP contribution in [-0.2, 0) is 9.59 Å². The second-order valence-corrected chi connectivity index (χ2v) is 6.15. The third kappa shape index (κ3) is 3.82. The Labute approximate surface area is 136 Å². The van der Waals surface area contributed by atoms with Gasteiger partial charge in [0.1, 0.15) is 5.75 Å². The van der Waals surface area contributed by atoms with E-state index in [2.05, 4.69) is 0 Å². The minimum absolute atomic E-state index is 0.0143. The lowest BCUT2D eigenvalue weighted by molar-refractivity contribution is -0.134. The molecule has 0 aliphatic carbocycles. The van der Waals surface area contributed by atoms with Crippen molar-refractivity contribution in [2.45, 2.75) is 31.7 Å².